The molecule has 0 spiro atoms. The molecule has 0 bridgehead atoms. The molecule has 7 nitrogen and oxygen atoms in total. The van der Waals surface area contributed by atoms with Crippen molar-refractivity contribution < 1.29 is 0 Å². The van der Waals surface area contributed by atoms with Gasteiger partial charge in [-0.15, -0.1) is 0 Å². The fraction of sp³-hybridized carbons (Fsp3) is 0.0769. The number of nitrogens with zero attached hydrogens (tertiary/aromatic N) is 2. The molecule has 0 heterocycles. The number of hydrogen-bond donors (Lipinski definition) is 5. The van der Waals surface area contributed by atoms with Crippen LogP contribution >= 0.6 is 0 Å². The number of aliphatic imine (C=N–C) groups is 2. The molecule has 59 heavy (non-hydrogen) atoms. The van der Waals surface area contributed by atoms with E-state index in [1.807, 2.05) is 67.7 Å². The number of fused-ring (bicyclic) bond motifs is 2. The molecule has 0 aromatic heterocycles. The van der Waals surface area contributed by atoms with E-state index in [-0.39, 0.29) is 6.04 Å². The normalized spacial score (nSPS) is 13.4. The Balaban J connectivity index is 1.02. The molecule has 7 heteroatoms. The van der Waals surface area contributed by atoms with E-state index in [9.17, 15) is 0 Å². The predicted octanol–water partition coefficient (Wildman–Crippen LogP) is 10.1. The van der Waals surface area contributed by atoms with Gasteiger partial charge in [0.25, 0.3) is 0 Å². The van der Waals surface area contributed by atoms with Crippen molar-refractivity contribution in [2.45, 2.75) is 18.8 Å². The van der Waals surface area contributed by atoms with Gasteiger partial charge in [-0.25, -0.2) is 15.8 Å². The summed E-state index contributed by atoms with van der Waals surface area (Å²) in [5, 5.41) is 7.86. The average Bonchev–Trinajstić information content (AvgIpc) is 3.30. The van der Waals surface area contributed by atoms with Gasteiger partial charge in [-0.1, -0.05) is 194 Å². The summed E-state index contributed by atoms with van der Waals surface area (Å²) in [6, 6.07) is 66.1. The Morgan fingerprint density at radius 2 is 1.14 bits per heavy atom. The maximum atomic E-state index is 6.78. The third-order valence-corrected chi connectivity index (χ3v) is 10.6. The van der Waals surface area contributed by atoms with Crippen molar-refractivity contribution in [3.8, 4) is 11.1 Å². The molecule has 0 aliphatic carbocycles. The van der Waals surface area contributed by atoms with Gasteiger partial charge in [0.1, 0.15) is 5.84 Å². The summed E-state index contributed by atoms with van der Waals surface area (Å²) >= 11 is 0. The van der Waals surface area contributed by atoms with Crippen molar-refractivity contribution in [3.63, 3.8) is 0 Å². The average molecular weight is 770 g/mol. The molecule has 8 rings (SSSR count). The zero-order valence-corrected chi connectivity index (χ0v) is 33.0. The van der Waals surface area contributed by atoms with Crippen molar-refractivity contribution in [1.29, 1.82) is 0 Å². The zero-order valence-electron chi connectivity index (χ0n) is 33.0. The van der Waals surface area contributed by atoms with E-state index in [2.05, 4.69) is 156 Å². The lowest BCUT2D eigenvalue weighted by Gasteiger charge is -2.22. The van der Waals surface area contributed by atoms with Crippen LogP contribution in [0.4, 0.5) is 0 Å². The highest BCUT2D eigenvalue weighted by molar-refractivity contribution is 6.15. The Hall–Kier alpha value is -7.16. The topological polar surface area (TPSA) is 113 Å². The van der Waals surface area contributed by atoms with E-state index in [1.165, 1.54) is 10.8 Å². The summed E-state index contributed by atoms with van der Waals surface area (Å²) in [6.07, 6.45) is 1.71. The SMILES string of the molecule is CN/C(=C\C(NNC(N)c1ccc(-c2ccc(C(=NCc3cccc4ccccc34)N=C(N)c3cccc4ccccc34)cc2)cc1)c1ccccc1)c1ccccc1. The molecule has 0 aliphatic rings. The third kappa shape index (κ3) is 9.20. The largest absolute Gasteiger partial charge is 0.388 e. The summed E-state index contributed by atoms with van der Waals surface area (Å²) in [7, 11) is 1.94. The minimum absolute atomic E-state index is 0.144. The van der Waals surface area contributed by atoms with Crippen LogP contribution in [0.15, 0.2) is 210 Å². The smallest absolute Gasteiger partial charge is 0.157 e. The first-order chi connectivity index (χ1) is 29.0. The van der Waals surface area contributed by atoms with E-state index in [4.69, 9.17) is 21.5 Å². The van der Waals surface area contributed by atoms with Crippen LogP contribution in [0.25, 0.3) is 38.4 Å². The Morgan fingerprint density at radius 1 is 0.559 bits per heavy atom. The van der Waals surface area contributed by atoms with Crippen LogP contribution < -0.4 is 27.6 Å². The second-order valence-corrected chi connectivity index (χ2v) is 14.4. The molecule has 0 fully saturated rings. The predicted molar refractivity (Wildman–Crippen MR) is 247 cm³/mol. The molecule has 0 saturated carbocycles. The van der Waals surface area contributed by atoms with Gasteiger partial charge in [0.2, 0.25) is 0 Å². The van der Waals surface area contributed by atoms with Gasteiger partial charge in [-0.2, -0.15) is 0 Å². The van der Waals surface area contributed by atoms with Gasteiger partial charge < -0.3 is 16.8 Å². The van der Waals surface area contributed by atoms with Crippen LogP contribution in [0.1, 0.15) is 45.6 Å². The number of nitrogens with two attached hydrogens (primary N) is 2. The first kappa shape index (κ1) is 38.7. The van der Waals surface area contributed by atoms with Crippen LogP contribution in [0, 0.1) is 0 Å². The second-order valence-electron chi connectivity index (χ2n) is 14.4. The number of nitrogens with one attached hydrogen (secondary N) is 3. The molecule has 0 aliphatic heterocycles. The van der Waals surface area contributed by atoms with E-state index in [0.717, 1.165) is 61.0 Å². The highest BCUT2D eigenvalue weighted by Crippen LogP contribution is 2.25. The number of hydrazine groups is 1. The number of benzene rings is 8. The lowest BCUT2D eigenvalue weighted by molar-refractivity contribution is 0.419. The molecule has 0 radical (unpaired) electrons. The maximum absolute atomic E-state index is 6.78. The summed E-state index contributed by atoms with van der Waals surface area (Å²) in [4.78, 5) is 10.1. The van der Waals surface area contributed by atoms with Gasteiger partial charge in [0.15, 0.2) is 5.84 Å². The highest BCUT2D eigenvalue weighted by Gasteiger charge is 2.14. The standard InChI is InChI=1S/C52H47N7/c1-55-48(40-16-4-2-5-17-40)34-49(41-18-6-3-7-19-41)58-59-50(53)42-30-26-36(27-31-42)37-28-32-43(33-29-37)52(56-35-44-22-12-20-38-14-8-10-23-45(38)44)57-51(54)47-25-13-21-39-15-9-11-24-46(39)47/h2-34,49-50,55,58-59H,35,53H2,1H3,(H2,54,56,57)/b48-34-. The number of hydrogen-bond acceptors (Lipinski definition) is 5. The Morgan fingerprint density at radius 3 is 1.83 bits per heavy atom. The summed E-state index contributed by atoms with van der Waals surface area (Å²) < 4.78 is 0. The molecular formula is C52H47N7. The van der Waals surface area contributed by atoms with Crippen molar-refractivity contribution in [2.24, 2.45) is 21.5 Å². The Kier molecular flexibility index (Phi) is 12.1. The summed E-state index contributed by atoms with van der Waals surface area (Å²) in [5.74, 6) is 0.992. The summed E-state index contributed by atoms with van der Waals surface area (Å²) in [6.45, 7) is 0.460. The lowest BCUT2D eigenvalue weighted by atomic mass is 10.0. The van der Waals surface area contributed by atoms with Crippen LogP contribution in [-0.2, 0) is 6.54 Å². The second kappa shape index (κ2) is 18.4. The zero-order chi connectivity index (χ0) is 40.4. The molecule has 0 saturated heterocycles. The third-order valence-electron chi connectivity index (χ3n) is 10.6. The van der Waals surface area contributed by atoms with Gasteiger partial charge in [-0.3, -0.25) is 4.99 Å². The van der Waals surface area contributed by atoms with Gasteiger partial charge in [-0.05, 0) is 61.0 Å². The molecule has 2 atom stereocenters. The number of rotatable bonds is 13. The highest BCUT2D eigenvalue weighted by atomic mass is 15.4. The first-order valence-electron chi connectivity index (χ1n) is 19.8. The van der Waals surface area contributed by atoms with E-state index < -0.39 is 6.17 Å². The van der Waals surface area contributed by atoms with E-state index >= 15 is 0 Å². The van der Waals surface area contributed by atoms with Crippen molar-refractivity contribution in [1.82, 2.24) is 16.2 Å². The fourth-order valence-corrected chi connectivity index (χ4v) is 7.35. The van der Waals surface area contributed by atoms with Crippen LogP contribution in [0.2, 0.25) is 0 Å². The molecule has 8 aromatic rings. The van der Waals surface area contributed by atoms with E-state index in [1.54, 1.807) is 0 Å². The van der Waals surface area contributed by atoms with Crippen molar-refractivity contribution in [2.75, 3.05) is 7.05 Å². The first-order valence-corrected chi connectivity index (χ1v) is 19.8. The fourth-order valence-electron chi connectivity index (χ4n) is 7.35. The van der Waals surface area contributed by atoms with Crippen molar-refractivity contribution >= 4 is 38.9 Å². The van der Waals surface area contributed by atoms with Gasteiger partial charge >= 0.3 is 0 Å². The van der Waals surface area contributed by atoms with Gasteiger partial charge in [0, 0.05) is 23.9 Å². The minimum Gasteiger partial charge on any atom is -0.388 e. The van der Waals surface area contributed by atoms with Crippen LogP contribution in [-0.4, -0.2) is 18.7 Å². The molecule has 290 valence electrons. The van der Waals surface area contributed by atoms with Crippen molar-refractivity contribution in [3.05, 3.63) is 234 Å². The summed E-state index contributed by atoms with van der Waals surface area (Å²) in [5.41, 5.74) is 29.5. The quantitative estimate of drug-likeness (QED) is 0.0347. The molecule has 2 unspecified atom stereocenters. The lowest BCUT2D eigenvalue weighted by Crippen LogP contribution is -2.41. The number of amidine groups is 2. The maximum Gasteiger partial charge on any atom is 0.157 e. The Bertz CT molecular complexity index is 2730. The molecule has 8 aromatic carbocycles. The van der Waals surface area contributed by atoms with Crippen LogP contribution in [0.5, 0.6) is 0 Å². The van der Waals surface area contributed by atoms with Gasteiger partial charge in [0.05, 0.1) is 18.8 Å². The molecular weight excluding hydrogens is 723 g/mol. The monoisotopic (exact) mass is 769 g/mol. The molecule has 0 amide bonds. The van der Waals surface area contributed by atoms with Crippen LogP contribution in [0.3, 0.4) is 0 Å². The Labute approximate surface area is 345 Å². The van der Waals surface area contributed by atoms with E-state index in [0.29, 0.717) is 18.2 Å². The minimum atomic E-state index is -0.452. The molecule has 7 N–H and O–H groups in total.